The average molecular weight is 765 g/mol. The summed E-state index contributed by atoms with van der Waals surface area (Å²) >= 11 is 0. The zero-order chi connectivity index (χ0) is 38.7. The molecule has 1 aromatic heterocycles. The molecule has 0 aliphatic heterocycles. The summed E-state index contributed by atoms with van der Waals surface area (Å²) in [7, 11) is -4.09. The summed E-state index contributed by atoms with van der Waals surface area (Å²) in [6, 6.07) is 34.9. The van der Waals surface area contributed by atoms with Crippen molar-refractivity contribution >= 4 is 21.1 Å². The molecule has 0 amide bonds. The lowest BCUT2D eigenvalue weighted by Crippen LogP contribution is -2.50. The Morgan fingerprint density at radius 2 is 1.62 bits per heavy atom. The van der Waals surface area contributed by atoms with Crippen LogP contribution in [0.4, 0.5) is 0 Å². The molecule has 284 valence electrons. The lowest BCUT2D eigenvalue weighted by molar-refractivity contribution is -0.0647. The predicted octanol–water partition coefficient (Wildman–Crippen LogP) is 10.1. The molecule has 5 aromatic carbocycles. The molecule has 7 nitrogen and oxygen atoms in total. The van der Waals surface area contributed by atoms with Crippen LogP contribution in [0.1, 0.15) is 72.8 Å². The molecule has 1 heterocycles. The predicted molar refractivity (Wildman–Crippen MR) is 216 cm³/mol. The van der Waals surface area contributed by atoms with Crippen LogP contribution in [-0.2, 0) is 23.1 Å². The van der Waals surface area contributed by atoms with Gasteiger partial charge < -0.3 is 23.6 Å². The van der Waals surface area contributed by atoms with Crippen LogP contribution in [0.2, 0.25) is 0 Å². The van der Waals surface area contributed by atoms with E-state index in [0.717, 1.165) is 48.8 Å². The van der Waals surface area contributed by atoms with Crippen molar-refractivity contribution in [2.75, 3.05) is 0 Å². The van der Waals surface area contributed by atoms with Crippen LogP contribution in [0.3, 0.4) is 0 Å². The first kappa shape index (κ1) is 36.2. The van der Waals surface area contributed by atoms with Crippen molar-refractivity contribution in [2.24, 2.45) is 17.3 Å². The van der Waals surface area contributed by atoms with E-state index in [9.17, 15) is 18.6 Å². The Bertz CT molecular complexity index is 2600. The Balaban J connectivity index is 1.05. The normalized spacial score (nSPS) is 24.0. The molecular weight excluding hydrogens is 721 g/mol. The molecule has 0 unspecified atom stereocenters. The molecular formula is C48H44O7S. The molecule has 0 bridgehead atoms. The van der Waals surface area contributed by atoms with Gasteiger partial charge >= 0.3 is 10.1 Å². The average Bonchev–Trinajstić information content (AvgIpc) is 3.70. The van der Waals surface area contributed by atoms with Gasteiger partial charge in [0.05, 0.1) is 5.56 Å². The van der Waals surface area contributed by atoms with Gasteiger partial charge in [-0.1, -0.05) is 72.9 Å². The minimum absolute atomic E-state index is 0.0619. The summed E-state index contributed by atoms with van der Waals surface area (Å²) in [5.41, 5.74) is 4.81. The molecule has 8 heteroatoms. The van der Waals surface area contributed by atoms with Gasteiger partial charge in [0, 0.05) is 22.4 Å². The quantitative estimate of drug-likeness (QED) is 0.123. The largest absolute Gasteiger partial charge is 0.508 e. The first-order valence-electron chi connectivity index (χ1n) is 19.4. The number of aliphatic hydroxyl groups is 1. The van der Waals surface area contributed by atoms with Gasteiger partial charge in [-0.05, 0) is 141 Å². The number of phenols is 1. The van der Waals surface area contributed by atoms with Crippen molar-refractivity contribution in [3.63, 3.8) is 0 Å². The van der Waals surface area contributed by atoms with Gasteiger partial charge in [0.25, 0.3) is 0 Å². The maximum Gasteiger partial charge on any atom is 0.339 e. The first-order valence-corrected chi connectivity index (χ1v) is 20.8. The van der Waals surface area contributed by atoms with Crippen molar-refractivity contribution in [3.8, 4) is 40.4 Å². The van der Waals surface area contributed by atoms with Gasteiger partial charge in [-0.2, -0.15) is 8.42 Å². The highest BCUT2D eigenvalue weighted by Gasteiger charge is 2.61. The summed E-state index contributed by atoms with van der Waals surface area (Å²) < 4.78 is 44.5. The monoisotopic (exact) mass is 764 g/mol. The molecule has 0 saturated heterocycles. The minimum atomic E-state index is -4.09. The fraction of sp³-hybridized carbons (Fsp3) is 0.292. The third-order valence-corrected chi connectivity index (χ3v) is 14.1. The van der Waals surface area contributed by atoms with Crippen molar-refractivity contribution in [3.05, 3.63) is 143 Å². The number of furan rings is 1. The van der Waals surface area contributed by atoms with Gasteiger partial charge in [0.1, 0.15) is 39.9 Å². The van der Waals surface area contributed by atoms with Crippen LogP contribution in [0, 0.1) is 36.0 Å². The fourth-order valence-corrected chi connectivity index (χ4v) is 10.7. The summed E-state index contributed by atoms with van der Waals surface area (Å²) in [6.07, 6.45) is 5.27. The van der Waals surface area contributed by atoms with Crippen molar-refractivity contribution in [2.45, 2.75) is 75.4 Å². The van der Waals surface area contributed by atoms with E-state index in [2.05, 4.69) is 24.8 Å². The Hall–Kier alpha value is -5.49. The summed E-state index contributed by atoms with van der Waals surface area (Å²) in [5, 5.41) is 23.4. The van der Waals surface area contributed by atoms with Crippen molar-refractivity contribution < 1.29 is 32.0 Å². The molecule has 6 aromatic rings. The standard InChI is InChI=1S/C48H44O7S/c1-31-8-17-38(18-9-31)56(51,52)55-37-16-21-42-43(46(54-45(42)29-37)33-10-14-36(15-11-33)53-30-32-6-4-3-5-7-32)23-26-48(50)27-24-44-41-19-12-34-28-35(49)13-20-39(34)40(41)22-25-47(44,48)2/h3-11,13-18,20-21,28-29,40-41,44,49-50H,12,19,22,24-25,27,30H2,1-2H3/t40-,41-,44+,47+,48+/m1/s1. The Kier molecular flexibility index (Phi) is 8.99. The number of aryl methyl sites for hydroxylation is 2. The maximum absolute atomic E-state index is 13.2. The number of phenolic OH excluding ortho intramolecular Hbond substituents is 1. The minimum Gasteiger partial charge on any atom is -0.508 e. The Labute approximate surface area is 328 Å². The number of ether oxygens (including phenoxy) is 1. The van der Waals surface area contributed by atoms with Gasteiger partial charge in [-0.25, -0.2) is 0 Å². The van der Waals surface area contributed by atoms with Gasteiger partial charge in [-0.3, -0.25) is 0 Å². The van der Waals surface area contributed by atoms with E-state index in [0.29, 0.717) is 64.6 Å². The van der Waals surface area contributed by atoms with Crippen LogP contribution >= 0.6 is 0 Å². The number of hydrogen-bond donors (Lipinski definition) is 2. The lowest BCUT2D eigenvalue weighted by Gasteiger charge is -2.52. The summed E-state index contributed by atoms with van der Waals surface area (Å²) in [4.78, 5) is 0.0619. The first-order chi connectivity index (χ1) is 27.0. The number of benzene rings is 5. The number of fused-ring (bicyclic) bond motifs is 6. The third-order valence-electron chi connectivity index (χ3n) is 12.8. The second-order valence-corrected chi connectivity index (χ2v) is 17.6. The van der Waals surface area contributed by atoms with Gasteiger partial charge in [0.2, 0.25) is 0 Å². The highest BCUT2D eigenvalue weighted by molar-refractivity contribution is 7.87. The summed E-state index contributed by atoms with van der Waals surface area (Å²) in [6.45, 7) is 4.55. The van der Waals surface area contributed by atoms with Crippen LogP contribution < -0.4 is 8.92 Å². The molecule has 5 atom stereocenters. The van der Waals surface area contributed by atoms with Crippen LogP contribution in [0.25, 0.3) is 22.3 Å². The van der Waals surface area contributed by atoms with E-state index in [1.807, 2.05) is 73.7 Å². The van der Waals surface area contributed by atoms with E-state index in [1.54, 1.807) is 30.3 Å². The molecule has 0 spiro atoms. The molecule has 2 N–H and O–H groups in total. The van der Waals surface area contributed by atoms with E-state index in [4.69, 9.17) is 13.3 Å². The molecule has 0 radical (unpaired) electrons. The number of hydrogen-bond acceptors (Lipinski definition) is 7. The van der Waals surface area contributed by atoms with Crippen molar-refractivity contribution in [1.82, 2.24) is 0 Å². The van der Waals surface area contributed by atoms with Crippen molar-refractivity contribution in [1.29, 1.82) is 0 Å². The van der Waals surface area contributed by atoms with Crippen LogP contribution in [0.15, 0.2) is 125 Å². The van der Waals surface area contributed by atoms with E-state index in [-0.39, 0.29) is 10.6 Å². The SMILES string of the molecule is Cc1ccc(S(=O)(=O)Oc2ccc3c(C#C[C@]4(O)CC[C@H]5[C@@H]6CCc7cc(O)ccc7[C@H]6CC[C@@]54C)c(-c4ccc(OCc5ccccc5)cc4)oc3c2)cc1. The highest BCUT2D eigenvalue weighted by Crippen LogP contribution is 2.64. The molecule has 56 heavy (non-hydrogen) atoms. The molecule has 3 aliphatic carbocycles. The third kappa shape index (κ3) is 6.43. The molecule has 3 aliphatic rings. The van der Waals surface area contributed by atoms with E-state index < -0.39 is 21.1 Å². The molecule has 2 saturated carbocycles. The Morgan fingerprint density at radius 1 is 0.857 bits per heavy atom. The Morgan fingerprint density at radius 3 is 2.41 bits per heavy atom. The second-order valence-electron chi connectivity index (χ2n) is 16.0. The summed E-state index contributed by atoms with van der Waals surface area (Å²) in [5.74, 6) is 9.68. The number of rotatable bonds is 7. The van der Waals surface area contributed by atoms with E-state index in [1.165, 1.54) is 23.3 Å². The number of aromatic hydroxyl groups is 1. The fourth-order valence-electron chi connectivity index (χ4n) is 9.74. The zero-order valence-electron chi connectivity index (χ0n) is 31.5. The van der Waals surface area contributed by atoms with E-state index >= 15 is 0 Å². The highest BCUT2D eigenvalue weighted by atomic mass is 32.2. The molecule has 2 fully saturated rings. The van der Waals surface area contributed by atoms with Crippen LogP contribution in [0.5, 0.6) is 17.2 Å². The lowest BCUT2D eigenvalue weighted by atomic mass is 9.53. The topological polar surface area (TPSA) is 106 Å². The second kappa shape index (κ2) is 13.9. The maximum atomic E-state index is 13.2. The molecule has 9 rings (SSSR count). The van der Waals surface area contributed by atoms with Gasteiger partial charge in [0.15, 0.2) is 5.76 Å². The van der Waals surface area contributed by atoms with Crippen LogP contribution in [-0.4, -0.2) is 24.2 Å². The van der Waals surface area contributed by atoms with Gasteiger partial charge in [-0.15, -0.1) is 0 Å². The smallest absolute Gasteiger partial charge is 0.339 e. The zero-order valence-corrected chi connectivity index (χ0v) is 32.3.